The summed E-state index contributed by atoms with van der Waals surface area (Å²) in [5.41, 5.74) is 1.63. The molecule has 1 aliphatic heterocycles. The average Bonchev–Trinajstić information content (AvgIpc) is 2.99. The molecule has 0 saturated carbocycles. The van der Waals surface area contributed by atoms with Crippen molar-refractivity contribution in [2.45, 2.75) is 32.7 Å². The molecule has 2 aromatic rings. The molecule has 1 aromatic heterocycles. The van der Waals surface area contributed by atoms with Gasteiger partial charge in [0, 0.05) is 44.6 Å². The second-order valence-corrected chi connectivity index (χ2v) is 7.00. The van der Waals surface area contributed by atoms with E-state index in [0.29, 0.717) is 24.5 Å². The van der Waals surface area contributed by atoms with Crippen LogP contribution in [0.25, 0.3) is 11.0 Å². The summed E-state index contributed by atoms with van der Waals surface area (Å²) in [4.78, 5) is 18.1. The van der Waals surface area contributed by atoms with Crippen molar-refractivity contribution in [2.75, 3.05) is 27.2 Å². The highest BCUT2D eigenvalue weighted by Crippen LogP contribution is 2.26. The van der Waals surface area contributed by atoms with Gasteiger partial charge in [0.05, 0.1) is 6.54 Å². The van der Waals surface area contributed by atoms with Crippen LogP contribution < -0.4 is 10.6 Å². The summed E-state index contributed by atoms with van der Waals surface area (Å²) in [7, 11) is 3.44. The van der Waals surface area contributed by atoms with Crippen molar-refractivity contribution in [3.63, 3.8) is 0 Å². The van der Waals surface area contributed by atoms with Gasteiger partial charge in [0.1, 0.15) is 17.2 Å². The Morgan fingerprint density at radius 1 is 1.37 bits per heavy atom. The molecule has 27 heavy (non-hydrogen) atoms. The Bertz CT molecular complexity index is 838. The largest absolute Gasteiger partial charge is 0.459 e. The first-order valence-corrected chi connectivity index (χ1v) is 9.35. The number of nitrogens with one attached hydrogen (secondary N) is 2. The fourth-order valence-corrected chi connectivity index (χ4v) is 3.62. The van der Waals surface area contributed by atoms with Crippen molar-refractivity contribution in [1.82, 2.24) is 15.5 Å². The first kappa shape index (κ1) is 19.2. The number of rotatable bonds is 4. The lowest BCUT2D eigenvalue weighted by Gasteiger charge is -2.34. The monoisotopic (exact) mass is 374 g/mol. The lowest BCUT2D eigenvalue weighted by atomic mass is 9.93. The number of likely N-dealkylation sites (tertiary alicyclic amines) is 1. The molecule has 146 valence electrons. The molecule has 1 fully saturated rings. The zero-order valence-electron chi connectivity index (χ0n) is 16.1. The van der Waals surface area contributed by atoms with Gasteiger partial charge in [-0.1, -0.05) is 0 Å². The smallest absolute Gasteiger partial charge is 0.220 e. The Morgan fingerprint density at radius 2 is 2.11 bits per heavy atom. The highest BCUT2D eigenvalue weighted by molar-refractivity contribution is 5.83. The summed E-state index contributed by atoms with van der Waals surface area (Å²) in [5.74, 6) is 1.87. The van der Waals surface area contributed by atoms with E-state index in [1.54, 1.807) is 20.2 Å². The van der Waals surface area contributed by atoms with E-state index in [1.165, 1.54) is 12.1 Å². The number of guanidine groups is 1. The third kappa shape index (κ3) is 4.40. The molecule has 0 bridgehead atoms. The quantitative estimate of drug-likeness (QED) is 0.638. The van der Waals surface area contributed by atoms with Crippen LogP contribution in [-0.2, 0) is 11.3 Å². The number of piperidine rings is 1. The van der Waals surface area contributed by atoms with Crippen molar-refractivity contribution in [3.05, 3.63) is 35.3 Å². The third-order valence-electron chi connectivity index (χ3n) is 5.28. The molecule has 3 rings (SSSR count). The molecule has 0 unspecified atom stereocenters. The molecule has 1 amide bonds. The highest BCUT2D eigenvalue weighted by Gasteiger charge is 2.23. The summed E-state index contributed by atoms with van der Waals surface area (Å²) in [6, 6.07) is 4.57. The molecule has 6 nitrogen and oxygen atoms in total. The van der Waals surface area contributed by atoms with Crippen LogP contribution in [0.5, 0.6) is 0 Å². The number of fused-ring (bicyclic) bond motifs is 1. The Hall–Kier alpha value is -2.57. The Morgan fingerprint density at radius 3 is 2.78 bits per heavy atom. The van der Waals surface area contributed by atoms with Crippen LogP contribution in [-0.4, -0.2) is 44.0 Å². The Kier molecular flexibility index (Phi) is 5.98. The van der Waals surface area contributed by atoms with Gasteiger partial charge in [-0.3, -0.25) is 9.79 Å². The summed E-state index contributed by atoms with van der Waals surface area (Å²) in [6.45, 7) is 4.17. The van der Waals surface area contributed by atoms with Gasteiger partial charge < -0.3 is 20.0 Å². The average molecular weight is 374 g/mol. The molecule has 0 radical (unpaired) electrons. The molecular weight excluding hydrogens is 347 g/mol. The Balaban J connectivity index is 1.59. The number of amides is 1. The minimum atomic E-state index is -0.263. The van der Waals surface area contributed by atoms with Gasteiger partial charge in [-0.15, -0.1) is 0 Å². The van der Waals surface area contributed by atoms with E-state index in [1.807, 2.05) is 6.92 Å². The molecule has 0 spiro atoms. The molecule has 7 heteroatoms. The van der Waals surface area contributed by atoms with Gasteiger partial charge in [0.25, 0.3) is 0 Å². The van der Waals surface area contributed by atoms with Gasteiger partial charge in [-0.2, -0.15) is 0 Å². The van der Waals surface area contributed by atoms with Gasteiger partial charge in [-0.05, 0) is 43.9 Å². The first-order chi connectivity index (χ1) is 13.0. The minimum Gasteiger partial charge on any atom is -0.459 e. The van der Waals surface area contributed by atoms with E-state index in [9.17, 15) is 9.18 Å². The highest BCUT2D eigenvalue weighted by atomic mass is 19.1. The van der Waals surface area contributed by atoms with Crippen molar-refractivity contribution >= 4 is 22.8 Å². The van der Waals surface area contributed by atoms with Crippen LogP contribution in [0.15, 0.2) is 27.6 Å². The van der Waals surface area contributed by atoms with Crippen LogP contribution in [0.1, 0.15) is 30.6 Å². The minimum absolute atomic E-state index is 0.104. The summed E-state index contributed by atoms with van der Waals surface area (Å²) in [6.07, 6.45) is 2.53. The number of halogens is 1. The second-order valence-electron chi connectivity index (χ2n) is 7.00. The molecule has 2 heterocycles. The SMILES string of the molecule is CN=C(NCc1oc2ccc(F)cc2c1C)N1CCC(CC(=O)NC)CC1. The van der Waals surface area contributed by atoms with Gasteiger partial charge >= 0.3 is 0 Å². The molecule has 0 atom stereocenters. The first-order valence-electron chi connectivity index (χ1n) is 9.35. The number of furan rings is 1. The number of hydrogen-bond acceptors (Lipinski definition) is 3. The lowest BCUT2D eigenvalue weighted by molar-refractivity contribution is -0.121. The summed E-state index contributed by atoms with van der Waals surface area (Å²) in [5, 5.41) is 6.84. The predicted molar refractivity (Wildman–Crippen MR) is 104 cm³/mol. The standard InChI is InChI=1S/C20H27FN4O2/c1-13-16-11-15(21)4-5-17(16)27-18(13)12-24-20(23-3)25-8-6-14(7-9-25)10-19(26)22-2/h4-5,11,14H,6-10,12H2,1-3H3,(H,22,26)(H,23,24). The number of hydrogen-bond donors (Lipinski definition) is 2. The van der Waals surface area contributed by atoms with Crippen LogP contribution in [0.3, 0.4) is 0 Å². The van der Waals surface area contributed by atoms with Gasteiger partial charge in [-0.25, -0.2) is 4.39 Å². The molecule has 2 N–H and O–H groups in total. The van der Waals surface area contributed by atoms with E-state index in [4.69, 9.17) is 4.42 Å². The van der Waals surface area contributed by atoms with Crippen molar-refractivity contribution in [2.24, 2.45) is 10.9 Å². The van der Waals surface area contributed by atoms with Crippen molar-refractivity contribution in [1.29, 1.82) is 0 Å². The van der Waals surface area contributed by atoms with E-state index in [2.05, 4.69) is 20.5 Å². The van der Waals surface area contributed by atoms with E-state index >= 15 is 0 Å². The number of carbonyl (C=O) groups excluding carboxylic acids is 1. The molecule has 1 saturated heterocycles. The van der Waals surface area contributed by atoms with Crippen LogP contribution in [0.2, 0.25) is 0 Å². The fourth-order valence-electron chi connectivity index (χ4n) is 3.62. The molecular formula is C20H27FN4O2. The Labute approximate surface area is 158 Å². The van der Waals surface area contributed by atoms with Crippen LogP contribution in [0, 0.1) is 18.7 Å². The maximum absolute atomic E-state index is 13.5. The summed E-state index contributed by atoms with van der Waals surface area (Å²) >= 11 is 0. The number of benzene rings is 1. The molecule has 0 aliphatic carbocycles. The lowest BCUT2D eigenvalue weighted by Crippen LogP contribution is -2.45. The zero-order chi connectivity index (χ0) is 19.4. The number of aliphatic imine (C=N–C) groups is 1. The fraction of sp³-hybridized carbons (Fsp3) is 0.500. The second kappa shape index (κ2) is 8.41. The van der Waals surface area contributed by atoms with Crippen LogP contribution >= 0.6 is 0 Å². The summed E-state index contributed by atoms with van der Waals surface area (Å²) < 4.78 is 19.3. The van der Waals surface area contributed by atoms with E-state index in [0.717, 1.165) is 48.6 Å². The van der Waals surface area contributed by atoms with Crippen molar-refractivity contribution in [3.8, 4) is 0 Å². The number of aryl methyl sites for hydroxylation is 1. The van der Waals surface area contributed by atoms with Gasteiger partial charge in [0.15, 0.2) is 5.96 Å². The number of carbonyl (C=O) groups is 1. The third-order valence-corrected chi connectivity index (χ3v) is 5.28. The van der Waals surface area contributed by atoms with E-state index < -0.39 is 0 Å². The zero-order valence-corrected chi connectivity index (χ0v) is 16.1. The topological polar surface area (TPSA) is 69.9 Å². The molecule has 1 aliphatic rings. The maximum Gasteiger partial charge on any atom is 0.220 e. The number of nitrogens with zero attached hydrogens (tertiary/aromatic N) is 2. The normalized spacial score (nSPS) is 16.0. The van der Waals surface area contributed by atoms with Crippen molar-refractivity contribution < 1.29 is 13.6 Å². The van der Waals surface area contributed by atoms with Gasteiger partial charge in [0.2, 0.25) is 5.91 Å². The predicted octanol–water partition coefficient (Wildman–Crippen LogP) is 2.80. The van der Waals surface area contributed by atoms with E-state index in [-0.39, 0.29) is 11.7 Å². The van der Waals surface area contributed by atoms with Crippen LogP contribution in [0.4, 0.5) is 4.39 Å². The molecule has 1 aromatic carbocycles. The maximum atomic E-state index is 13.5.